The van der Waals surface area contributed by atoms with Crippen LogP contribution in [0.15, 0.2) is 29.2 Å². The lowest BCUT2D eigenvalue weighted by molar-refractivity contribution is -0.126. The number of hydrogen-bond acceptors (Lipinski definition) is 6. The summed E-state index contributed by atoms with van der Waals surface area (Å²) in [4.78, 5) is 36.4. The van der Waals surface area contributed by atoms with Crippen molar-refractivity contribution < 1.29 is 22.8 Å². The third-order valence-electron chi connectivity index (χ3n) is 4.45. The molecule has 2 fully saturated rings. The van der Waals surface area contributed by atoms with Crippen molar-refractivity contribution in [3.8, 4) is 0 Å². The number of hydrogen-bond donors (Lipinski definition) is 0. The Kier molecular flexibility index (Phi) is 4.99. The van der Waals surface area contributed by atoms with Gasteiger partial charge in [-0.2, -0.15) is 4.31 Å². The number of thioether (sulfide) groups is 1. The van der Waals surface area contributed by atoms with Gasteiger partial charge in [-0.15, -0.1) is 0 Å². The minimum Gasteiger partial charge on any atom is -0.295 e. The Morgan fingerprint density at radius 2 is 1.88 bits per heavy atom. The fourth-order valence-electron chi connectivity index (χ4n) is 3.08. The van der Waals surface area contributed by atoms with Gasteiger partial charge in [-0.25, -0.2) is 8.42 Å². The molecule has 1 aromatic rings. The number of ketones is 1. The number of Topliss-reactive ketones (excluding diaryl/α,β-unsaturated/α-hetero) is 1. The lowest BCUT2D eigenvalue weighted by atomic mass is 10.1. The molecule has 0 aliphatic carbocycles. The van der Waals surface area contributed by atoms with E-state index in [1.807, 2.05) is 0 Å². The van der Waals surface area contributed by atoms with Crippen molar-refractivity contribution in [1.82, 2.24) is 9.21 Å². The van der Waals surface area contributed by atoms with Gasteiger partial charge in [0.1, 0.15) is 0 Å². The van der Waals surface area contributed by atoms with Gasteiger partial charge in [0.15, 0.2) is 5.78 Å². The zero-order chi connectivity index (χ0) is 18.2. The van der Waals surface area contributed by atoms with E-state index in [2.05, 4.69) is 0 Å². The van der Waals surface area contributed by atoms with Crippen molar-refractivity contribution in [2.45, 2.75) is 30.7 Å². The molecule has 1 aromatic carbocycles. The molecule has 2 amide bonds. The van der Waals surface area contributed by atoms with E-state index in [4.69, 9.17) is 0 Å². The molecule has 0 saturated carbocycles. The minimum atomic E-state index is -3.70. The summed E-state index contributed by atoms with van der Waals surface area (Å²) in [6.45, 7) is 1.86. The summed E-state index contributed by atoms with van der Waals surface area (Å²) in [5.41, 5.74) is 0.348. The molecule has 2 aliphatic heterocycles. The standard InChI is InChI=1S/C16H18N2O5S2/c1-11(19)12-3-2-4-14(9-12)25(22,23)17-7-5-13(6-8-17)18-15(20)10-24-16(18)21/h2-4,9,13H,5-8,10H2,1H3. The molecule has 0 radical (unpaired) electrons. The first-order chi connectivity index (χ1) is 11.8. The van der Waals surface area contributed by atoms with Crippen LogP contribution in [0.2, 0.25) is 0 Å². The number of nitrogens with zero attached hydrogens (tertiary/aromatic N) is 2. The summed E-state index contributed by atoms with van der Waals surface area (Å²) in [6, 6.07) is 5.74. The molecule has 134 valence electrons. The number of carbonyl (C=O) groups is 3. The lowest BCUT2D eigenvalue weighted by Crippen LogP contribution is -2.48. The van der Waals surface area contributed by atoms with Gasteiger partial charge in [0.25, 0.3) is 5.24 Å². The number of rotatable bonds is 4. The zero-order valence-corrected chi connectivity index (χ0v) is 15.3. The fraction of sp³-hybridized carbons (Fsp3) is 0.438. The summed E-state index contributed by atoms with van der Waals surface area (Å²) in [7, 11) is -3.70. The zero-order valence-electron chi connectivity index (χ0n) is 13.7. The van der Waals surface area contributed by atoms with E-state index in [1.165, 1.54) is 28.3 Å². The van der Waals surface area contributed by atoms with Crippen LogP contribution in [0, 0.1) is 0 Å². The van der Waals surface area contributed by atoms with Crippen LogP contribution < -0.4 is 0 Å². The topological polar surface area (TPSA) is 91.8 Å². The van der Waals surface area contributed by atoms with Crippen LogP contribution in [0.4, 0.5) is 4.79 Å². The van der Waals surface area contributed by atoms with Crippen molar-refractivity contribution >= 4 is 38.7 Å². The third kappa shape index (κ3) is 3.49. The van der Waals surface area contributed by atoms with E-state index in [9.17, 15) is 22.8 Å². The van der Waals surface area contributed by atoms with Crippen molar-refractivity contribution in [2.75, 3.05) is 18.8 Å². The first kappa shape index (κ1) is 18.1. The third-order valence-corrected chi connectivity index (χ3v) is 7.18. The van der Waals surface area contributed by atoms with Gasteiger partial charge in [0.2, 0.25) is 15.9 Å². The molecular weight excluding hydrogens is 364 g/mol. The van der Waals surface area contributed by atoms with E-state index in [0.29, 0.717) is 18.4 Å². The van der Waals surface area contributed by atoms with E-state index in [1.54, 1.807) is 12.1 Å². The van der Waals surface area contributed by atoms with Crippen LogP contribution >= 0.6 is 11.8 Å². The highest BCUT2D eigenvalue weighted by atomic mass is 32.2. The van der Waals surface area contributed by atoms with Crippen molar-refractivity contribution in [3.63, 3.8) is 0 Å². The van der Waals surface area contributed by atoms with Gasteiger partial charge in [0.05, 0.1) is 10.6 Å². The van der Waals surface area contributed by atoms with Crippen molar-refractivity contribution in [1.29, 1.82) is 0 Å². The maximum atomic E-state index is 12.8. The second-order valence-electron chi connectivity index (χ2n) is 6.04. The Bertz CT molecular complexity index is 813. The van der Waals surface area contributed by atoms with E-state index in [-0.39, 0.29) is 46.7 Å². The quantitative estimate of drug-likeness (QED) is 0.737. The Morgan fingerprint density at radius 3 is 2.44 bits per heavy atom. The summed E-state index contributed by atoms with van der Waals surface area (Å²) < 4.78 is 26.9. The molecule has 9 heteroatoms. The van der Waals surface area contributed by atoms with E-state index < -0.39 is 10.0 Å². The lowest BCUT2D eigenvalue weighted by Gasteiger charge is -2.34. The predicted molar refractivity (Wildman–Crippen MR) is 92.9 cm³/mol. The minimum absolute atomic E-state index is 0.0857. The van der Waals surface area contributed by atoms with E-state index in [0.717, 1.165) is 11.8 Å². The highest BCUT2D eigenvalue weighted by Crippen LogP contribution is 2.29. The number of benzene rings is 1. The average molecular weight is 382 g/mol. The molecule has 0 bridgehead atoms. The monoisotopic (exact) mass is 382 g/mol. The van der Waals surface area contributed by atoms with Crippen molar-refractivity contribution in [2.24, 2.45) is 0 Å². The maximum absolute atomic E-state index is 12.8. The SMILES string of the molecule is CC(=O)c1cccc(S(=O)(=O)N2CCC(N3C(=O)CSC3=O)CC2)c1. The molecule has 2 aliphatic rings. The van der Waals surface area contributed by atoms with Gasteiger partial charge in [-0.1, -0.05) is 23.9 Å². The van der Waals surface area contributed by atoms with Gasteiger partial charge >= 0.3 is 0 Å². The Labute approximate surface area is 150 Å². The van der Waals surface area contributed by atoms with Crippen LogP contribution in [-0.4, -0.2) is 59.4 Å². The first-order valence-electron chi connectivity index (χ1n) is 7.90. The summed E-state index contributed by atoms with van der Waals surface area (Å²) in [6.07, 6.45) is 0.841. The largest absolute Gasteiger partial charge is 0.295 e. The summed E-state index contributed by atoms with van der Waals surface area (Å²) in [5.74, 6) is -0.236. The molecule has 2 heterocycles. The second-order valence-corrected chi connectivity index (χ2v) is 8.90. The molecule has 0 aromatic heterocycles. The average Bonchev–Trinajstić information content (AvgIpc) is 2.93. The van der Waals surface area contributed by atoms with Crippen LogP contribution in [-0.2, 0) is 14.8 Å². The number of imide groups is 1. The molecule has 3 rings (SSSR count). The molecular formula is C16H18N2O5S2. The number of amides is 2. The summed E-state index contributed by atoms with van der Waals surface area (Å²) in [5, 5.41) is -0.250. The van der Waals surface area contributed by atoms with Gasteiger partial charge in [-0.05, 0) is 31.9 Å². The van der Waals surface area contributed by atoms with Gasteiger partial charge in [-0.3, -0.25) is 19.3 Å². The Hall–Kier alpha value is -1.71. The highest BCUT2D eigenvalue weighted by Gasteiger charge is 2.39. The molecule has 2 saturated heterocycles. The van der Waals surface area contributed by atoms with Gasteiger partial charge in [0, 0.05) is 24.7 Å². The molecule has 7 nitrogen and oxygen atoms in total. The maximum Gasteiger partial charge on any atom is 0.289 e. The molecule has 0 atom stereocenters. The number of piperidine rings is 1. The molecule has 0 N–H and O–H groups in total. The normalized spacial score (nSPS) is 20.3. The van der Waals surface area contributed by atoms with Crippen LogP contribution in [0.3, 0.4) is 0 Å². The second kappa shape index (κ2) is 6.89. The Morgan fingerprint density at radius 1 is 1.20 bits per heavy atom. The molecule has 0 spiro atoms. The van der Waals surface area contributed by atoms with Gasteiger partial charge < -0.3 is 0 Å². The smallest absolute Gasteiger partial charge is 0.289 e. The van der Waals surface area contributed by atoms with Crippen molar-refractivity contribution in [3.05, 3.63) is 29.8 Å². The van der Waals surface area contributed by atoms with Crippen LogP contribution in [0.5, 0.6) is 0 Å². The first-order valence-corrected chi connectivity index (χ1v) is 10.3. The highest BCUT2D eigenvalue weighted by molar-refractivity contribution is 8.14. The Balaban J connectivity index is 1.73. The molecule has 25 heavy (non-hydrogen) atoms. The van der Waals surface area contributed by atoms with Crippen LogP contribution in [0.25, 0.3) is 0 Å². The number of sulfonamides is 1. The van der Waals surface area contributed by atoms with Crippen LogP contribution in [0.1, 0.15) is 30.1 Å². The molecule has 0 unspecified atom stereocenters. The number of carbonyl (C=O) groups excluding carboxylic acids is 3. The van der Waals surface area contributed by atoms with E-state index >= 15 is 0 Å². The fourth-order valence-corrected chi connectivity index (χ4v) is 5.37. The summed E-state index contributed by atoms with van der Waals surface area (Å²) >= 11 is 0.988. The predicted octanol–water partition coefficient (Wildman–Crippen LogP) is 1.74.